The number of hydrogen-bond acceptors (Lipinski definition) is 7. The summed E-state index contributed by atoms with van der Waals surface area (Å²) in [4.78, 5) is 28.3. The molecule has 2 aromatic rings. The van der Waals surface area contributed by atoms with Crippen molar-refractivity contribution in [3.05, 3.63) is 42.1 Å². The highest BCUT2D eigenvalue weighted by Gasteiger charge is 2.31. The smallest absolute Gasteiger partial charge is 0.239 e. The minimum atomic E-state index is -2.99. The largest absolute Gasteiger partial charge is 0.338 e. The van der Waals surface area contributed by atoms with Gasteiger partial charge in [0.05, 0.1) is 35.5 Å². The van der Waals surface area contributed by atoms with Gasteiger partial charge >= 0.3 is 0 Å². The van der Waals surface area contributed by atoms with Gasteiger partial charge in [0.25, 0.3) is 0 Å². The van der Waals surface area contributed by atoms with Crippen molar-refractivity contribution in [1.82, 2.24) is 25.2 Å². The third kappa shape index (κ3) is 4.84. The summed E-state index contributed by atoms with van der Waals surface area (Å²) in [6, 6.07) is 5.03. The van der Waals surface area contributed by atoms with Crippen molar-refractivity contribution < 1.29 is 13.2 Å². The molecule has 1 saturated heterocycles. The third-order valence-electron chi connectivity index (χ3n) is 5.62. The fourth-order valence-electron chi connectivity index (χ4n) is 3.81. The molecule has 30 heavy (non-hydrogen) atoms. The first-order chi connectivity index (χ1) is 14.3. The minimum absolute atomic E-state index is 0.0921. The molecule has 2 aliphatic rings. The second kappa shape index (κ2) is 8.39. The maximum Gasteiger partial charge on any atom is 0.239 e. The zero-order valence-corrected chi connectivity index (χ0v) is 18.1. The van der Waals surface area contributed by atoms with Gasteiger partial charge in [-0.15, -0.1) is 0 Å². The second-order valence-electron chi connectivity index (χ2n) is 8.26. The van der Waals surface area contributed by atoms with Crippen molar-refractivity contribution in [1.29, 1.82) is 0 Å². The van der Waals surface area contributed by atoms with Crippen LogP contribution < -0.4 is 5.32 Å². The summed E-state index contributed by atoms with van der Waals surface area (Å²) < 4.78 is 23.4. The van der Waals surface area contributed by atoms with Crippen molar-refractivity contribution in [2.75, 3.05) is 18.6 Å². The lowest BCUT2D eigenvalue weighted by molar-refractivity contribution is -0.132. The predicted molar refractivity (Wildman–Crippen MR) is 113 cm³/mol. The van der Waals surface area contributed by atoms with Crippen LogP contribution in [0.2, 0.25) is 0 Å². The average molecular weight is 430 g/mol. The van der Waals surface area contributed by atoms with E-state index in [0.717, 1.165) is 35.6 Å². The van der Waals surface area contributed by atoms with Gasteiger partial charge in [-0.1, -0.05) is 6.07 Å². The molecule has 1 saturated carbocycles. The lowest BCUT2D eigenvalue weighted by Crippen LogP contribution is -2.47. The standard InChI is InChI=1S/C21H27N5O3S/c1-14(24-16-8-10-30(28,29)13-16)21(27)26(2)12-19-17(18-5-3-4-9-22-18)11-23-20(25-19)15-6-7-15/h3-5,9,11,14-16,24H,6-8,10,12-13H2,1-2H3/t14-,16+/m0/s1. The lowest BCUT2D eigenvalue weighted by atomic mass is 10.1. The van der Waals surface area contributed by atoms with Crippen LogP contribution in [0.25, 0.3) is 11.3 Å². The van der Waals surface area contributed by atoms with E-state index < -0.39 is 15.9 Å². The van der Waals surface area contributed by atoms with Gasteiger partial charge in [0.2, 0.25) is 5.91 Å². The number of carbonyl (C=O) groups excluding carboxylic acids is 1. The monoisotopic (exact) mass is 429 g/mol. The Morgan fingerprint density at radius 1 is 1.27 bits per heavy atom. The number of nitrogens with one attached hydrogen (secondary N) is 1. The summed E-state index contributed by atoms with van der Waals surface area (Å²) in [7, 11) is -1.25. The number of aromatic nitrogens is 3. The molecule has 2 fully saturated rings. The molecular formula is C21H27N5O3S. The van der Waals surface area contributed by atoms with Crippen molar-refractivity contribution >= 4 is 15.7 Å². The molecule has 3 heterocycles. The van der Waals surface area contributed by atoms with E-state index in [0.29, 0.717) is 18.9 Å². The Bertz CT molecular complexity index is 1020. The highest BCUT2D eigenvalue weighted by molar-refractivity contribution is 7.91. The second-order valence-corrected chi connectivity index (χ2v) is 10.5. The summed E-state index contributed by atoms with van der Waals surface area (Å²) >= 11 is 0. The highest BCUT2D eigenvalue weighted by Crippen LogP contribution is 2.38. The van der Waals surface area contributed by atoms with E-state index in [1.165, 1.54) is 0 Å². The number of hydrogen-bond donors (Lipinski definition) is 1. The minimum Gasteiger partial charge on any atom is -0.338 e. The summed E-state index contributed by atoms with van der Waals surface area (Å²) in [6.07, 6.45) is 6.28. The molecule has 2 aromatic heterocycles. The Morgan fingerprint density at radius 3 is 2.70 bits per heavy atom. The molecule has 0 unspecified atom stereocenters. The molecule has 160 valence electrons. The Kier molecular flexibility index (Phi) is 5.84. The van der Waals surface area contributed by atoms with Gasteiger partial charge in [-0.25, -0.2) is 18.4 Å². The van der Waals surface area contributed by atoms with Gasteiger partial charge in [-0.3, -0.25) is 9.78 Å². The van der Waals surface area contributed by atoms with Crippen LogP contribution in [-0.2, 0) is 21.2 Å². The van der Waals surface area contributed by atoms with Crippen LogP contribution in [0.1, 0.15) is 43.6 Å². The van der Waals surface area contributed by atoms with E-state index in [-0.39, 0.29) is 23.5 Å². The van der Waals surface area contributed by atoms with Crippen molar-refractivity contribution in [2.24, 2.45) is 0 Å². The third-order valence-corrected chi connectivity index (χ3v) is 7.39. The Hall–Kier alpha value is -2.39. The first kappa shape index (κ1) is 20.9. The van der Waals surface area contributed by atoms with Crippen molar-refractivity contribution in [2.45, 2.75) is 50.7 Å². The summed E-state index contributed by atoms with van der Waals surface area (Å²) in [5.74, 6) is 1.41. The molecular weight excluding hydrogens is 402 g/mol. The normalized spacial score (nSPS) is 21.3. The molecule has 9 heteroatoms. The van der Waals surface area contributed by atoms with E-state index in [1.807, 2.05) is 24.4 Å². The zero-order chi connectivity index (χ0) is 21.3. The maximum absolute atomic E-state index is 12.9. The molecule has 8 nitrogen and oxygen atoms in total. The van der Waals surface area contributed by atoms with Crippen LogP contribution in [0.4, 0.5) is 0 Å². The molecule has 4 rings (SSSR count). The number of nitrogens with zero attached hydrogens (tertiary/aromatic N) is 4. The van der Waals surface area contributed by atoms with Gasteiger partial charge in [-0.05, 0) is 38.3 Å². The quantitative estimate of drug-likeness (QED) is 0.712. The van der Waals surface area contributed by atoms with Crippen LogP contribution in [0.15, 0.2) is 30.6 Å². The van der Waals surface area contributed by atoms with Crippen LogP contribution in [0, 0.1) is 0 Å². The first-order valence-electron chi connectivity index (χ1n) is 10.3. The molecule has 1 amide bonds. The summed E-state index contributed by atoms with van der Waals surface area (Å²) in [5, 5.41) is 3.17. The van der Waals surface area contributed by atoms with Gasteiger partial charge in [0, 0.05) is 37.0 Å². The number of sulfone groups is 1. The molecule has 0 radical (unpaired) electrons. The average Bonchev–Trinajstić information content (AvgIpc) is 3.52. The maximum atomic E-state index is 12.9. The van der Waals surface area contributed by atoms with Gasteiger partial charge in [0.15, 0.2) is 9.84 Å². The van der Waals surface area contributed by atoms with E-state index in [9.17, 15) is 13.2 Å². The SMILES string of the molecule is C[C@H](N[C@@H]1CCS(=O)(=O)C1)C(=O)N(C)Cc1nc(C2CC2)ncc1-c1ccccn1. The van der Waals surface area contributed by atoms with Gasteiger partial charge < -0.3 is 10.2 Å². The van der Waals surface area contributed by atoms with E-state index in [4.69, 9.17) is 4.98 Å². The van der Waals surface area contributed by atoms with Crippen LogP contribution >= 0.6 is 0 Å². The number of amides is 1. The summed E-state index contributed by atoms with van der Waals surface area (Å²) in [5.41, 5.74) is 2.37. The molecule has 1 N–H and O–H groups in total. The van der Waals surface area contributed by atoms with E-state index in [1.54, 1.807) is 25.1 Å². The number of rotatable bonds is 7. The Morgan fingerprint density at radius 2 is 2.07 bits per heavy atom. The molecule has 1 aliphatic carbocycles. The molecule has 1 aliphatic heterocycles. The van der Waals surface area contributed by atoms with Gasteiger partial charge in [-0.2, -0.15) is 0 Å². The molecule has 0 bridgehead atoms. The highest BCUT2D eigenvalue weighted by atomic mass is 32.2. The molecule has 0 spiro atoms. The van der Waals surface area contributed by atoms with E-state index in [2.05, 4.69) is 15.3 Å². The van der Waals surface area contributed by atoms with Gasteiger partial charge in [0.1, 0.15) is 5.82 Å². The zero-order valence-electron chi connectivity index (χ0n) is 17.3. The van der Waals surface area contributed by atoms with E-state index >= 15 is 0 Å². The predicted octanol–water partition coefficient (Wildman–Crippen LogP) is 1.54. The van der Waals surface area contributed by atoms with Crippen LogP contribution in [-0.4, -0.2) is 64.8 Å². The number of carbonyl (C=O) groups is 1. The van der Waals surface area contributed by atoms with Crippen LogP contribution in [0.5, 0.6) is 0 Å². The first-order valence-corrected chi connectivity index (χ1v) is 12.1. The van der Waals surface area contributed by atoms with Crippen molar-refractivity contribution in [3.63, 3.8) is 0 Å². The van der Waals surface area contributed by atoms with Crippen LogP contribution in [0.3, 0.4) is 0 Å². The number of pyridine rings is 1. The fourth-order valence-corrected chi connectivity index (χ4v) is 5.50. The number of likely N-dealkylation sites (N-methyl/N-ethyl adjacent to an activating group) is 1. The molecule has 0 aromatic carbocycles. The Labute approximate surface area is 177 Å². The molecule has 2 atom stereocenters. The lowest BCUT2D eigenvalue weighted by Gasteiger charge is -2.24. The Balaban J connectivity index is 1.49. The fraction of sp³-hybridized carbons (Fsp3) is 0.524. The summed E-state index contributed by atoms with van der Waals surface area (Å²) in [6.45, 7) is 2.11. The van der Waals surface area contributed by atoms with Crippen molar-refractivity contribution in [3.8, 4) is 11.3 Å². The topological polar surface area (TPSA) is 105 Å².